The minimum atomic E-state index is -3.48. The van der Waals surface area contributed by atoms with Gasteiger partial charge >= 0.3 is 0 Å². The summed E-state index contributed by atoms with van der Waals surface area (Å²) >= 11 is 0. The van der Waals surface area contributed by atoms with E-state index in [0.29, 0.717) is 19.0 Å². The van der Waals surface area contributed by atoms with Crippen LogP contribution >= 0.6 is 0 Å². The molecule has 0 atom stereocenters. The van der Waals surface area contributed by atoms with Gasteiger partial charge in [-0.2, -0.15) is 0 Å². The van der Waals surface area contributed by atoms with Gasteiger partial charge in [0.2, 0.25) is 10.0 Å². The van der Waals surface area contributed by atoms with Crippen molar-refractivity contribution in [3.05, 3.63) is 18.3 Å². The highest BCUT2D eigenvalue weighted by Gasteiger charge is 2.42. The van der Waals surface area contributed by atoms with E-state index in [1.54, 1.807) is 14.2 Å². The average Bonchev–Trinajstić information content (AvgIpc) is 3.24. The minimum Gasteiger partial charge on any atom is -0.385 e. The van der Waals surface area contributed by atoms with Crippen LogP contribution in [-0.2, 0) is 14.8 Å². The molecular weight excluding hydrogens is 278 g/mol. The third kappa shape index (κ3) is 3.68. The number of nitrogens with zero attached hydrogens (tertiary/aromatic N) is 1. The number of methoxy groups -OCH3 is 1. The normalized spacial score (nSPS) is 16.9. The molecule has 0 aromatic carbocycles. The first-order chi connectivity index (χ1) is 9.51. The van der Waals surface area contributed by atoms with Gasteiger partial charge in [0.1, 0.15) is 5.82 Å². The highest BCUT2D eigenvalue weighted by Crippen LogP contribution is 2.48. The fourth-order valence-electron chi connectivity index (χ4n) is 2.06. The number of rotatable bonds is 8. The summed E-state index contributed by atoms with van der Waals surface area (Å²) in [4.78, 5) is 4.25. The van der Waals surface area contributed by atoms with E-state index in [2.05, 4.69) is 15.0 Å². The van der Waals surface area contributed by atoms with E-state index in [9.17, 15) is 8.42 Å². The predicted molar refractivity (Wildman–Crippen MR) is 77.1 cm³/mol. The molecule has 6 nitrogen and oxygen atoms in total. The first-order valence-electron chi connectivity index (χ1n) is 6.64. The predicted octanol–water partition coefficient (Wildman–Crippen LogP) is 1.22. The molecule has 0 aliphatic heterocycles. The van der Waals surface area contributed by atoms with Gasteiger partial charge in [-0.1, -0.05) is 0 Å². The summed E-state index contributed by atoms with van der Waals surface area (Å²) in [5.74, 6) is 0.536. The van der Waals surface area contributed by atoms with E-state index in [4.69, 9.17) is 4.74 Å². The number of anilines is 1. The van der Waals surface area contributed by atoms with Crippen LogP contribution in [0.3, 0.4) is 0 Å². The molecule has 7 heteroatoms. The van der Waals surface area contributed by atoms with Crippen molar-refractivity contribution in [3.8, 4) is 0 Å². The molecule has 0 bridgehead atoms. The Labute approximate surface area is 120 Å². The molecule has 2 rings (SSSR count). The smallest absolute Gasteiger partial charge is 0.240 e. The molecule has 112 valence electrons. The number of aromatic nitrogens is 1. The molecular formula is C13H21N3O3S. The summed E-state index contributed by atoms with van der Waals surface area (Å²) in [5, 5.41) is 2.83. The SMILES string of the molecule is CNc1cc(S(=O)(=O)NCC2(CCOC)CC2)ccn1. The van der Waals surface area contributed by atoms with Crippen molar-refractivity contribution in [2.75, 3.05) is 32.6 Å². The Kier molecular flexibility index (Phi) is 4.62. The third-order valence-corrected chi connectivity index (χ3v) is 5.13. The van der Waals surface area contributed by atoms with Gasteiger partial charge in [-0.25, -0.2) is 18.1 Å². The second-order valence-corrected chi connectivity index (χ2v) is 6.96. The van der Waals surface area contributed by atoms with Crippen LogP contribution in [0.1, 0.15) is 19.3 Å². The van der Waals surface area contributed by atoms with Gasteiger partial charge in [-0.3, -0.25) is 0 Å². The van der Waals surface area contributed by atoms with Crippen molar-refractivity contribution in [1.82, 2.24) is 9.71 Å². The standard InChI is InChI=1S/C13H21N3O3S/c1-14-12-9-11(3-7-15-12)20(17,18)16-10-13(4-5-13)6-8-19-2/h3,7,9,16H,4-6,8,10H2,1-2H3,(H,14,15). The fourth-order valence-corrected chi connectivity index (χ4v) is 3.23. The molecule has 0 spiro atoms. The summed E-state index contributed by atoms with van der Waals surface area (Å²) in [7, 11) is -0.114. The van der Waals surface area contributed by atoms with E-state index < -0.39 is 10.0 Å². The zero-order chi connectivity index (χ0) is 14.6. The van der Waals surface area contributed by atoms with Gasteiger partial charge in [-0.05, 0) is 30.7 Å². The van der Waals surface area contributed by atoms with Crippen LogP contribution in [0.25, 0.3) is 0 Å². The first-order valence-corrected chi connectivity index (χ1v) is 8.12. The van der Waals surface area contributed by atoms with E-state index in [0.717, 1.165) is 19.3 Å². The number of sulfonamides is 1. The molecule has 0 radical (unpaired) electrons. The van der Waals surface area contributed by atoms with Crippen molar-refractivity contribution in [1.29, 1.82) is 0 Å². The molecule has 0 amide bonds. The topological polar surface area (TPSA) is 80.3 Å². The monoisotopic (exact) mass is 299 g/mol. The van der Waals surface area contributed by atoms with Crippen LogP contribution < -0.4 is 10.0 Å². The molecule has 1 fully saturated rings. The third-order valence-electron chi connectivity index (χ3n) is 3.73. The molecule has 1 aromatic heterocycles. The van der Waals surface area contributed by atoms with Crippen LogP contribution in [0.2, 0.25) is 0 Å². The molecule has 1 heterocycles. The summed E-state index contributed by atoms with van der Waals surface area (Å²) in [6.07, 6.45) is 4.48. The number of hydrogen-bond donors (Lipinski definition) is 2. The summed E-state index contributed by atoms with van der Waals surface area (Å²) in [6, 6.07) is 3.02. The van der Waals surface area contributed by atoms with Crippen LogP contribution in [0, 0.1) is 5.41 Å². The summed E-state index contributed by atoms with van der Waals surface area (Å²) < 4.78 is 32.3. The van der Waals surface area contributed by atoms with Crippen molar-refractivity contribution in [2.24, 2.45) is 5.41 Å². The van der Waals surface area contributed by atoms with Crippen molar-refractivity contribution in [3.63, 3.8) is 0 Å². The molecule has 2 N–H and O–H groups in total. The van der Waals surface area contributed by atoms with E-state index in [1.807, 2.05) is 0 Å². The number of hydrogen-bond acceptors (Lipinski definition) is 5. The lowest BCUT2D eigenvalue weighted by molar-refractivity contribution is 0.173. The van der Waals surface area contributed by atoms with E-state index in [-0.39, 0.29) is 10.3 Å². The lowest BCUT2D eigenvalue weighted by Crippen LogP contribution is -2.31. The number of nitrogens with one attached hydrogen (secondary N) is 2. The van der Waals surface area contributed by atoms with Crippen molar-refractivity contribution in [2.45, 2.75) is 24.2 Å². The van der Waals surface area contributed by atoms with Gasteiger partial charge in [-0.15, -0.1) is 0 Å². The zero-order valence-corrected chi connectivity index (χ0v) is 12.7. The summed E-state index contributed by atoms with van der Waals surface area (Å²) in [6.45, 7) is 1.14. The van der Waals surface area contributed by atoms with E-state index in [1.165, 1.54) is 18.3 Å². The quantitative estimate of drug-likeness (QED) is 0.754. The lowest BCUT2D eigenvalue weighted by atomic mass is 10.0. The van der Waals surface area contributed by atoms with Crippen molar-refractivity contribution >= 4 is 15.8 Å². The molecule has 0 unspecified atom stereocenters. The Morgan fingerprint density at radius 1 is 1.45 bits per heavy atom. The number of ether oxygens (including phenoxy) is 1. The first kappa shape index (κ1) is 15.2. The Morgan fingerprint density at radius 3 is 2.80 bits per heavy atom. The summed E-state index contributed by atoms with van der Waals surface area (Å²) in [5.41, 5.74) is 0.0853. The second-order valence-electron chi connectivity index (χ2n) is 5.19. The van der Waals surface area contributed by atoms with Gasteiger partial charge in [0.25, 0.3) is 0 Å². The number of pyridine rings is 1. The zero-order valence-electron chi connectivity index (χ0n) is 11.8. The van der Waals surface area contributed by atoms with Crippen LogP contribution in [0.5, 0.6) is 0 Å². The Balaban J connectivity index is 2.00. The fraction of sp³-hybridized carbons (Fsp3) is 0.615. The van der Waals surface area contributed by atoms with Crippen LogP contribution in [0.4, 0.5) is 5.82 Å². The van der Waals surface area contributed by atoms with Crippen molar-refractivity contribution < 1.29 is 13.2 Å². The van der Waals surface area contributed by atoms with Gasteiger partial charge in [0.05, 0.1) is 4.90 Å². The second kappa shape index (κ2) is 6.07. The maximum Gasteiger partial charge on any atom is 0.240 e. The largest absolute Gasteiger partial charge is 0.385 e. The highest BCUT2D eigenvalue weighted by atomic mass is 32.2. The molecule has 1 saturated carbocycles. The van der Waals surface area contributed by atoms with Crippen LogP contribution in [0.15, 0.2) is 23.2 Å². The minimum absolute atomic E-state index is 0.0853. The van der Waals surface area contributed by atoms with Gasteiger partial charge < -0.3 is 10.1 Å². The molecule has 20 heavy (non-hydrogen) atoms. The Bertz CT molecular complexity index is 556. The lowest BCUT2D eigenvalue weighted by Gasteiger charge is -2.15. The highest BCUT2D eigenvalue weighted by molar-refractivity contribution is 7.89. The maximum absolute atomic E-state index is 12.3. The molecule has 0 saturated heterocycles. The van der Waals surface area contributed by atoms with Crippen LogP contribution in [-0.4, -0.2) is 40.7 Å². The van der Waals surface area contributed by atoms with Gasteiger partial charge in [0, 0.05) is 39.6 Å². The maximum atomic E-state index is 12.3. The average molecular weight is 299 g/mol. The van der Waals surface area contributed by atoms with E-state index >= 15 is 0 Å². The molecule has 1 aromatic rings. The Morgan fingerprint density at radius 2 is 2.20 bits per heavy atom. The van der Waals surface area contributed by atoms with Gasteiger partial charge in [0.15, 0.2) is 0 Å². The molecule has 1 aliphatic carbocycles. The molecule has 1 aliphatic rings. The Hall–Kier alpha value is -1.18.